The molecule has 0 amide bonds. The summed E-state index contributed by atoms with van der Waals surface area (Å²) in [6, 6.07) is 0. The fraction of sp³-hybridized carbons (Fsp3) is 0.727. The van der Waals surface area contributed by atoms with Crippen LogP contribution in [0.15, 0.2) is 11.1 Å². The molecule has 0 saturated heterocycles. The highest BCUT2D eigenvalue weighted by Gasteiger charge is 1.93. The van der Waals surface area contributed by atoms with Gasteiger partial charge in [-0.2, -0.15) is 11.8 Å². The van der Waals surface area contributed by atoms with Crippen LogP contribution in [0.4, 0.5) is 0 Å². The van der Waals surface area contributed by atoms with Crippen molar-refractivity contribution in [2.24, 2.45) is 0 Å². The van der Waals surface area contributed by atoms with Crippen LogP contribution in [-0.2, 0) is 0 Å². The molecule has 0 rings (SSSR count). The molecule has 1 heteroatoms. The maximum atomic E-state index is 3.82. The van der Waals surface area contributed by atoms with Gasteiger partial charge in [-0.25, -0.2) is 0 Å². The van der Waals surface area contributed by atoms with E-state index in [0.717, 1.165) is 6.42 Å². The Bertz CT molecular complexity index is 132. The van der Waals surface area contributed by atoms with Crippen molar-refractivity contribution in [3.8, 4) is 0 Å². The monoisotopic (exact) mass is 185 g/mol. The fourth-order valence-corrected chi connectivity index (χ4v) is 1.65. The highest BCUT2D eigenvalue weighted by atomic mass is 32.2. The first-order chi connectivity index (χ1) is 5.68. The zero-order valence-corrected chi connectivity index (χ0v) is 9.47. The molecule has 0 N–H and O–H groups in total. The maximum Gasteiger partial charge on any atom is -0.00645 e. The quantitative estimate of drug-likeness (QED) is 0.444. The summed E-state index contributed by atoms with van der Waals surface area (Å²) in [6.07, 6.45) is 3.65. The van der Waals surface area contributed by atoms with E-state index in [-0.39, 0.29) is 0 Å². The van der Waals surface area contributed by atoms with Gasteiger partial charge in [0.1, 0.15) is 0 Å². The van der Waals surface area contributed by atoms with Gasteiger partial charge in [-0.3, -0.25) is 0 Å². The summed E-state index contributed by atoms with van der Waals surface area (Å²) >= 11 is 2.02. The predicted octanol–water partition coefficient (Wildman–Crippen LogP) is 4.08. The molecular formula is C11H21S. The number of thioether (sulfide) groups is 1. The minimum Gasteiger partial charge on any atom is -0.162 e. The molecule has 1 radical (unpaired) electrons. The predicted molar refractivity (Wildman–Crippen MR) is 60.6 cm³/mol. The van der Waals surface area contributed by atoms with Gasteiger partial charge in [0.15, 0.2) is 0 Å². The second-order valence-electron chi connectivity index (χ2n) is 3.35. The Labute approximate surface area is 81.8 Å². The molecule has 0 unspecified atom stereocenters. The molecule has 0 nitrogen and oxygen atoms in total. The van der Waals surface area contributed by atoms with Crippen molar-refractivity contribution < 1.29 is 0 Å². The number of hydrogen-bond donors (Lipinski definition) is 0. The fourth-order valence-electron chi connectivity index (χ4n) is 0.894. The molecule has 0 atom stereocenters. The van der Waals surface area contributed by atoms with Crippen molar-refractivity contribution >= 4 is 11.8 Å². The Morgan fingerprint density at radius 1 is 1.17 bits per heavy atom. The van der Waals surface area contributed by atoms with Crippen LogP contribution in [0.25, 0.3) is 0 Å². The number of hydrogen-bond acceptors (Lipinski definition) is 1. The molecule has 0 fully saturated rings. The van der Waals surface area contributed by atoms with Crippen LogP contribution in [0.3, 0.4) is 0 Å². The largest absolute Gasteiger partial charge is 0.162 e. The average molecular weight is 185 g/mol. The lowest BCUT2D eigenvalue weighted by Crippen LogP contribution is -1.86. The van der Waals surface area contributed by atoms with Crippen LogP contribution in [0.5, 0.6) is 0 Å². The molecular weight excluding hydrogens is 164 g/mol. The zero-order chi connectivity index (χ0) is 9.40. The molecule has 0 aliphatic heterocycles. The van der Waals surface area contributed by atoms with Crippen LogP contribution in [-0.4, -0.2) is 11.5 Å². The Kier molecular flexibility index (Phi) is 7.78. The molecule has 0 bridgehead atoms. The Balaban J connectivity index is 3.26. The van der Waals surface area contributed by atoms with Crippen molar-refractivity contribution in [2.75, 3.05) is 11.5 Å². The van der Waals surface area contributed by atoms with Gasteiger partial charge in [-0.1, -0.05) is 18.1 Å². The first kappa shape index (κ1) is 12.1. The van der Waals surface area contributed by atoms with Crippen LogP contribution in [0.2, 0.25) is 0 Å². The van der Waals surface area contributed by atoms with Crippen LogP contribution < -0.4 is 0 Å². The molecule has 0 aliphatic carbocycles. The lowest BCUT2D eigenvalue weighted by atomic mass is 10.1. The van der Waals surface area contributed by atoms with Crippen LogP contribution in [0, 0.1) is 6.92 Å². The number of allylic oxidation sites excluding steroid dienone is 2. The third-order valence-electron chi connectivity index (χ3n) is 1.98. The summed E-state index contributed by atoms with van der Waals surface area (Å²) in [6.45, 7) is 10.4. The molecule has 0 aromatic rings. The molecule has 71 valence electrons. The van der Waals surface area contributed by atoms with E-state index < -0.39 is 0 Å². The molecule has 0 aromatic carbocycles. The second-order valence-corrected chi connectivity index (χ2v) is 4.57. The zero-order valence-electron chi connectivity index (χ0n) is 8.65. The Morgan fingerprint density at radius 2 is 1.83 bits per heavy atom. The summed E-state index contributed by atoms with van der Waals surface area (Å²) in [4.78, 5) is 0. The van der Waals surface area contributed by atoms with Gasteiger partial charge in [0, 0.05) is 0 Å². The van der Waals surface area contributed by atoms with Gasteiger partial charge in [0.25, 0.3) is 0 Å². The van der Waals surface area contributed by atoms with Crippen molar-refractivity contribution in [1.82, 2.24) is 0 Å². The van der Waals surface area contributed by atoms with E-state index in [1.54, 1.807) is 5.57 Å². The minimum atomic E-state index is 1.06. The van der Waals surface area contributed by atoms with Crippen molar-refractivity contribution in [2.45, 2.75) is 40.0 Å². The lowest BCUT2D eigenvalue weighted by molar-refractivity contribution is 0.899. The first-order valence-corrected chi connectivity index (χ1v) is 5.84. The molecule has 0 heterocycles. The summed E-state index contributed by atoms with van der Waals surface area (Å²) in [7, 11) is 0. The second kappa shape index (κ2) is 7.72. The maximum absolute atomic E-state index is 3.82. The third-order valence-corrected chi connectivity index (χ3v) is 3.14. The molecule has 0 spiro atoms. The minimum absolute atomic E-state index is 1.06. The third kappa shape index (κ3) is 6.78. The molecule has 0 aromatic heterocycles. The van der Waals surface area contributed by atoms with E-state index in [9.17, 15) is 0 Å². The highest BCUT2D eigenvalue weighted by molar-refractivity contribution is 7.99. The van der Waals surface area contributed by atoms with Crippen molar-refractivity contribution in [3.63, 3.8) is 0 Å². The highest BCUT2D eigenvalue weighted by Crippen LogP contribution is 2.13. The van der Waals surface area contributed by atoms with E-state index in [2.05, 4.69) is 27.7 Å². The summed E-state index contributed by atoms with van der Waals surface area (Å²) in [5, 5.41) is 0. The SMILES string of the molecule is [CH2]CCSCCCC(C)=C(C)C. The van der Waals surface area contributed by atoms with E-state index in [1.165, 1.54) is 29.9 Å². The topological polar surface area (TPSA) is 0 Å². The van der Waals surface area contributed by atoms with E-state index in [0.29, 0.717) is 0 Å². The van der Waals surface area contributed by atoms with Crippen LogP contribution >= 0.6 is 11.8 Å². The van der Waals surface area contributed by atoms with Crippen molar-refractivity contribution in [3.05, 3.63) is 18.1 Å². The van der Waals surface area contributed by atoms with E-state index >= 15 is 0 Å². The van der Waals surface area contributed by atoms with E-state index in [4.69, 9.17) is 0 Å². The van der Waals surface area contributed by atoms with Gasteiger partial charge in [0.05, 0.1) is 0 Å². The summed E-state index contributed by atoms with van der Waals surface area (Å²) in [5.41, 5.74) is 3.04. The van der Waals surface area contributed by atoms with Gasteiger partial charge in [-0.05, 0) is 51.5 Å². The van der Waals surface area contributed by atoms with E-state index in [1.807, 2.05) is 11.8 Å². The average Bonchev–Trinajstić information content (AvgIpc) is 2.03. The van der Waals surface area contributed by atoms with Crippen LogP contribution in [0.1, 0.15) is 40.0 Å². The van der Waals surface area contributed by atoms with Gasteiger partial charge in [0.2, 0.25) is 0 Å². The summed E-state index contributed by atoms with van der Waals surface area (Å²) < 4.78 is 0. The smallest absolute Gasteiger partial charge is 0.00645 e. The standard InChI is InChI=1S/C11H21S/c1-5-8-12-9-6-7-11(4)10(2)3/h1,5-9H2,2-4H3. The molecule has 0 aliphatic rings. The first-order valence-electron chi connectivity index (χ1n) is 4.68. The van der Waals surface area contributed by atoms with Gasteiger partial charge in [-0.15, -0.1) is 0 Å². The molecule has 0 saturated carbocycles. The normalized spacial score (nSPS) is 10.0. The summed E-state index contributed by atoms with van der Waals surface area (Å²) in [5.74, 6) is 2.51. The van der Waals surface area contributed by atoms with Crippen molar-refractivity contribution in [1.29, 1.82) is 0 Å². The molecule has 12 heavy (non-hydrogen) atoms. The Morgan fingerprint density at radius 3 is 2.33 bits per heavy atom. The lowest BCUT2D eigenvalue weighted by Gasteiger charge is -2.03. The van der Waals surface area contributed by atoms with Gasteiger partial charge < -0.3 is 0 Å². The number of rotatable bonds is 6. The van der Waals surface area contributed by atoms with Gasteiger partial charge >= 0.3 is 0 Å². The Hall–Kier alpha value is 0.0900.